The van der Waals surface area contributed by atoms with Crippen LogP contribution in [0.1, 0.15) is 38.5 Å². The van der Waals surface area contributed by atoms with Gasteiger partial charge in [0.25, 0.3) is 0 Å². The average Bonchev–Trinajstić information content (AvgIpc) is 2.82. The van der Waals surface area contributed by atoms with Gasteiger partial charge in [-0.3, -0.25) is 4.79 Å². The molecule has 88 valence electrons. The first-order valence-corrected chi connectivity index (χ1v) is 6.28. The summed E-state index contributed by atoms with van der Waals surface area (Å²) in [6.45, 7) is 1.27. The lowest BCUT2D eigenvalue weighted by Gasteiger charge is -2.42. The fraction of sp³-hybridized carbons (Fsp3) is 0.769. The van der Waals surface area contributed by atoms with Gasteiger partial charge in [0.05, 0.1) is 18.6 Å². The molecule has 1 saturated carbocycles. The maximum atomic E-state index is 12.2. The Morgan fingerprint density at radius 2 is 1.81 bits per heavy atom. The molecule has 16 heavy (non-hydrogen) atoms. The Kier molecular flexibility index (Phi) is 2.41. The Balaban J connectivity index is 2.01. The number of ether oxygens (including phenoxy) is 2. The van der Waals surface area contributed by atoms with Crippen molar-refractivity contribution in [2.75, 3.05) is 13.2 Å². The van der Waals surface area contributed by atoms with Crippen LogP contribution in [0.2, 0.25) is 0 Å². The number of carbonyl (C=O) groups is 1. The van der Waals surface area contributed by atoms with Crippen LogP contribution in [0.25, 0.3) is 0 Å². The van der Waals surface area contributed by atoms with Gasteiger partial charge in [0.15, 0.2) is 11.6 Å². The third-order valence-electron chi connectivity index (χ3n) is 4.30. The Labute approximate surface area is 95.8 Å². The highest BCUT2D eigenvalue weighted by Gasteiger charge is 2.60. The van der Waals surface area contributed by atoms with Crippen molar-refractivity contribution in [3.63, 3.8) is 0 Å². The van der Waals surface area contributed by atoms with E-state index in [0.29, 0.717) is 13.2 Å². The van der Waals surface area contributed by atoms with E-state index in [2.05, 4.69) is 0 Å². The van der Waals surface area contributed by atoms with E-state index < -0.39 is 11.2 Å². The topological polar surface area (TPSA) is 35.5 Å². The summed E-state index contributed by atoms with van der Waals surface area (Å²) in [5.74, 6) is -0.388. The number of hydrogen-bond donors (Lipinski definition) is 0. The Bertz CT molecular complexity index is 328. The second kappa shape index (κ2) is 3.67. The van der Waals surface area contributed by atoms with Crippen molar-refractivity contribution in [2.24, 2.45) is 5.41 Å². The van der Waals surface area contributed by atoms with Gasteiger partial charge in [0.2, 0.25) is 0 Å². The molecular weight excluding hydrogens is 204 g/mol. The number of carbonyl (C=O) groups excluding carboxylic acids is 1. The minimum Gasteiger partial charge on any atom is -0.346 e. The van der Waals surface area contributed by atoms with Gasteiger partial charge in [-0.05, 0) is 25.3 Å². The summed E-state index contributed by atoms with van der Waals surface area (Å²) in [5, 5.41) is 0. The van der Waals surface area contributed by atoms with Gasteiger partial charge in [-0.25, -0.2) is 0 Å². The molecule has 0 aromatic carbocycles. The van der Waals surface area contributed by atoms with Gasteiger partial charge in [-0.2, -0.15) is 0 Å². The van der Waals surface area contributed by atoms with Crippen molar-refractivity contribution >= 4 is 5.78 Å². The monoisotopic (exact) mass is 222 g/mol. The van der Waals surface area contributed by atoms with Gasteiger partial charge in [0, 0.05) is 6.42 Å². The first-order valence-electron chi connectivity index (χ1n) is 6.28. The molecule has 0 aromatic heterocycles. The maximum absolute atomic E-state index is 12.2. The van der Waals surface area contributed by atoms with Gasteiger partial charge >= 0.3 is 0 Å². The largest absolute Gasteiger partial charge is 0.346 e. The molecule has 1 aliphatic heterocycles. The van der Waals surface area contributed by atoms with Crippen LogP contribution in [-0.4, -0.2) is 24.8 Å². The predicted octanol–water partition coefficient (Wildman–Crippen LogP) is 2.21. The molecular formula is C13H18O3. The highest BCUT2D eigenvalue weighted by Crippen LogP contribution is 2.53. The second-order valence-electron chi connectivity index (χ2n) is 5.06. The third kappa shape index (κ3) is 1.25. The first-order chi connectivity index (χ1) is 7.79. The molecule has 0 N–H and O–H groups in total. The van der Waals surface area contributed by atoms with Gasteiger partial charge < -0.3 is 9.47 Å². The molecule has 1 saturated heterocycles. The summed E-state index contributed by atoms with van der Waals surface area (Å²) in [6, 6.07) is 0. The quantitative estimate of drug-likeness (QED) is 0.630. The van der Waals surface area contributed by atoms with Gasteiger partial charge in [-0.15, -0.1) is 0 Å². The normalized spacial score (nSPS) is 37.4. The summed E-state index contributed by atoms with van der Waals surface area (Å²) < 4.78 is 11.8. The molecule has 2 fully saturated rings. The summed E-state index contributed by atoms with van der Waals surface area (Å²) in [4.78, 5) is 12.2. The van der Waals surface area contributed by atoms with E-state index in [1.54, 1.807) is 6.08 Å². The minimum absolute atomic E-state index is 0.219. The van der Waals surface area contributed by atoms with Crippen LogP contribution in [0.15, 0.2) is 12.2 Å². The molecule has 3 rings (SSSR count). The fourth-order valence-corrected chi connectivity index (χ4v) is 3.46. The van der Waals surface area contributed by atoms with E-state index in [4.69, 9.17) is 9.47 Å². The van der Waals surface area contributed by atoms with Crippen LogP contribution in [0.5, 0.6) is 0 Å². The number of fused-ring (bicyclic) bond motifs is 1. The predicted molar refractivity (Wildman–Crippen MR) is 58.9 cm³/mol. The summed E-state index contributed by atoms with van der Waals surface area (Å²) in [7, 11) is 0. The molecule has 2 spiro atoms. The second-order valence-corrected chi connectivity index (χ2v) is 5.06. The van der Waals surface area contributed by atoms with Gasteiger partial charge in [-0.1, -0.05) is 18.9 Å². The van der Waals surface area contributed by atoms with Crippen LogP contribution < -0.4 is 0 Å². The van der Waals surface area contributed by atoms with Gasteiger partial charge in [0.1, 0.15) is 0 Å². The summed E-state index contributed by atoms with van der Waals surface area (Å²) >= 11 is 0. The van der Waals surface area contributed by atoms with Crippen molar-refractivity contribution in [3.8, 4) is 0 Å². The summed E-state index contributed by atoms with van der Waals surface area (Å²) in [5.41, 5.74) is -0.403. The smallest absolute Gasteiger partial charge is 0.181 e. The van der Waals surface area contributed by atoms with Crippen LogP contribution in [-0.2, 0) is 14.3 Å². The molecule has 1 atom stereocenters. The zero-order valence-electron chi connectivity index (χ0n) is 9.54. The molecule has 0 aromatic rings. The lowest BCUT2D eigenvalue weighted by molar-refractivity contribution is -0.232. The van der Waals surface area contributed by atoms with Crippen molar-refractivity contribution < 1.29 is 14.3 Å². The zero-order valence-corrected chi connectivity index (χ0v) is 9.54. The highest BCUT2D eigenvalue weighted by molar-refractivity contribution is 5.98. The third-order valence-corrected chi connectivity index (χ3v) is 4.30. The van der Waals surface area contributed by atoms with Crippen LogP contribution in [0, 0.1) is 5.41 Å². The van der Waals surface area contributed by atoms with E-state index in [0.717, 1.165) is 32.1 Å². The van der Waals surface area contributed by atoms with E-state index in [-0.39, 0.29) is 5.78 Å². The van der Waals surface area contributed by atoms with Crippen molar-refractivity contribution in [3.05, 3.63) is 12.2 Å². The zero-order chi connectivity index (χ0) is 11.1. The Morgan fingerprint density at radius 3 is 2.50 bits per heavy atom. The van der Waals surface area contributed by atoms with Crippen molar-refractivity contribution in [2.45, 2.75) is 44.3 Å². The van der Waals surface area contributed by atoms with E-state index >= 15 is 0 Å². The fourth-order valence-electron chi connectivity index (χ4n) is 3.46. The standard InChI is InChI=1S/C13H18O3/c14-11-5-4-7-12(11)6-2-1-3-8-13(12)15-9-10-16-13/h4-5H,1-3,6-10H2. The molecule has 0 bridgehead atoms. The number of rotatable bonds is 0. The van der Waals surface area contributed by atoms with E-state index in [1.165, 1.54) is 6.42 Å². The molecule has 0 radical (unpaired) electrons. The van der Waals surface area contributed by atoms with E-state index in [9.17, 15) is 4.79 Å². The van der Waals surface area contributed by atoms with Crippen LogP contribution in [0.4, 0.5) is 0 Å². The lowest BCUT2D eigenvalue weighted by atomic mass is 9.72. The average molecular weight is 222 g/mol. The first kappa shape index (κ1) is 10.5. The number of ketones is 1. The Hall–Kier alpha value is -0.670. The van der Waals surface area contributed by atoms with Crippen molar-refractivity contribution in [1.29, 1.82) is 0 Å². The Morgan fingerprint density at radius 1 is 1.06 bits per heavy atom. The maximum Gasteiger partial charge on any atom is 0.181 e. The van der Waals surface area contributed by atoms with Crippen molar-refractivity contribution in [1.82, 2.24) is 0 Å². The number of allylic oxidation sites excluding steroid dienone is 2. The molecule has 3 aliphatic rings. The molecule has 2 aliphatic carbocycles. The lowest BCUT2D eigenvalue weighted by Crippen LogP contribution is -2.51. The molecule has 0 amide bonds. The molecule has 1 unspecified atom stereocenters. The minimum atomic E-state index is -0.607. The van der Waals surface area contributed by atoms with Crippen LogP contribution in [0.3, 0.4) is 0 Å². The molecule has 1 heterocycles. The highest BCUT2D eigenvalue weighted by atomic mass is 16.7. The van der Waals surface area contributed by atoms with E-state index in [1.807, 2.05) is 6.08 Å². The summed E-state index contributed by atoms with van der Waals surface area (Å²) in [6.07, 6.45) is 9.70. The molecule has 3 nitrogen and oxygen atoms in total. The SMILES string of the molecule is O=C1C=CCC12CCCCCC21OCCO1. The molecule has 3 heteroatoms. The van der Waals surface area contributed by atoms with Crippen LogP contribution >= 0.6 is 0 Å². The number of hydrogen-bond acceptors (Lipinski definition) is 3.